The summed E-state index contributed by atoms with van der Waals surface area (Å²) >= 11 is 0. The van der Waals surface area contributed by atoms with E-state index in [-0.39, 0.29) is 0 Å². The average molecular weight is 357 g/mol. The molecule has 1 aliphatic carbocycles. The zero-order valence-electron chi connectivity index (χ0n) is 15.6. The third kappa shape index (κ3) is 6.71. The minimum absolute atomic E-state index is 0.360. The molecule has 0 amide bonds. The predicted molar refractivity (Wildman–Crippen MR) is 104 cm³/mol. The Bertz CT molecular complexity index is 410. The number of guanidine groups is 1. The molecule has 5 nitrogen and oxygen atoms in total. The molecule has 3 atom stereocenters. The van der Waals surface area contributed by atoms with Gasteiger partial charge in [-0.3, -0.25) is 9.20 Å². The van der Waals surface area contributed by atoms with Crippen LogP contribution in [0.5, 0.6) is 0 Å². The maximum Gasteiger partial charge on any atom is 0.191 e. The van der Waals surface area contributed by atoms with Crippen LogP contribution in [0, 0.1) is 0 Å². The number of hydrogen-bond donors (Lipinski definition) is 2. The molecule has 0 aromatic carbocycles. The minimum atomic E-state index is -0.667. The molecule has 1 heterocycles. The van der Waals surface area contributed by atoms with Gasteiger partial charge in [0.1, 0.15) is 0 Å². The van der Waals surface area contributed by atoms with Crippen molar-refractivity contribution in [1.29, 1.82) is 0 Å². The van der Waals surface area contributed by atoms with Gasteiger partial charge in [0.15, 0.2) is 5.96 Å². The first-order chi connectivity index (χ1) is 11.7. The van der Waals surface area contributed by atoms with Gasteiger partial charge in [0, 0.05) is 40.9 Å². The van der Waals surface area contributed by atoms with Crippen molar-refractivity contribution in [2.75, 3.05) is 38.5 Å². The summed E-state index contributed by atoms with van der Waals surface area (Å²) in [6, 6.07) is 0.413. The molecular weight excluding hydrogens is 320 g/mol. The summed E-state index contributed by atoms with van der Waals surface area (Å²) in [6.07, 6.45) is 8.30. The first kappa shape index (κ1) is 19.7. The molecule has 1 aliphatic heterocycles. The van der Waals surface area contributed by atoms with Crippen LogP contribution in [0.3, 0.4) is 0 Å². The minimum Gasteiger partial charge on any atom is -0.357 e. The highest BCUT2D eigenvalue weighted by Crippen LogP contribution is 2.22. The number of aliphatic imine (C=N–C) groups is 1. The molecule has 2 aliphatic rings. The van der Waals surface area contributed by atoms with Crippen LogP contribution in [0.1, 0.15) is 58.8 Å². The highest BCUT2D eigenvalue weighted by atomic mass is 32.2. The third-order valence-corrected chi connectivity index (χ3v) is 6.81. The number of likely N-dealkylation sites (tertiary alicyclic amines) is 1. The van der Waals surface area contributed by atoms with Crippen LogP contribution in [0.25, 0.3) is 0 Å². The van der Waals surface area contributed by atoms with Crippen molar-refractivity contribution in [1.82, 2.24) is 15.5 Å². The van der Waals surface area contributed by atoms with Crippen molar-refractivity contribution in [3.05, 3.63) is 0 Å². The van der Waals surface area contributed by atoms with Crippen LogP contribution in [0.4, 0.5) is 0 Å². The number of nitrogens with one attached hydrogen (secondary N) is 2. The highest BCUT2D eigenvalue weighted by molar-refractivity contribution is 7.85. The van der Waals surface area contributed by atoms with Crippen molar-refractivity contribution < 1.29 is 4.21 Å². The number of nitrogens with zero attached hydrogens (tertiary/aromatic N) is 2. The van der Waals surface area contributed by atoms with Crippen LogP contribution in [-0.4, -0.2) is 64.8 Å². The molecule has 24 heavy (non-hydrogen) atoms. The zero-order valence-corrected chi connectivity index (χ0v) is 16.4. The Morgan fingerprint density at radius 1 is 1.21 bits per heavy atom. The fraction of sp³-hybridized carbons (Fsp3) is 0.944. The van der Waals surface area contributed by atoms with Crippen LogP contribution in [0.15, 0.2) is 4.99 Å². The Balaban J connectivity index is 1.76. The Morgan fingerprint density at radius 3 is 2.71 bits per heavy atom. The van der Waals surface area contributed by atoms with Gasteiger partial charge in [-0.25, -0.2) is 0 Å². The van der Waals surface area contributed by atoms with Gasteiger partial charge >= 0.3 is 0 Å². The topological polar surface area (TPSA) is 56.7 Å². The summed E-state index contributed by atoms with van der Waals surface area (Å²) < 4.78 is 12.1. The standard InChI is InChI=1S/C18H36N4OS/c1-3-19-18(20-11-8-14-22-12-5-6-13-22)21-16-9-7-10-17(15-16)24(23)4-2/h16-17H,3-15H2,1-2H3,(H2,19,20,21). The monoisotopic (exact) mass is 356 g/mol. The normalized spacial score (nSPS) is 27.2. The third-order valence-electron chi connectivity index (χ3n) is 5.07. The quantitative estimate of drug-likeness (QED) is 0.397. The van der Waals surface area contributed by atoms with E-state index in [1.54, 1.807) is 0 Å². The van der Waals surface area contributed by atoms with Crippen LogP contribution < -0.4 is 10.6 Å². The highest BCUT2D eigenvalue weighted by Gasteiger charge is 2.26. The Hall–Kier alpha value is -0.620. The summed E-state index contributed by atoms with van der Waals surface area (Å²) in [4.78, 5) is 7.29. The molecule has 140 valence electrons. The Morgan fingerprint density at radius 2 is 2.00 bits per heavy atom. The average Bonchev–Trinajstić information content (AvgIpc) is 3.12. The van der Waals surface area contributed by atoms with Crippen LogP contribution >= 0.6 is 0 Å². The molecule has 1 saturated carbocycles. The second-order valence-corrected chi connectivity index (χ2v) is 8.97. The molecule has 3 unspecified atom stereocenters. The van der Waals surface area contributed by atoms with Crippen molar-refractivity contribution in [2.45, 2.75) is 70.1 Å². The van der Waals surface area contributed by atoms with Gasteiger partial charge in [0.05, 0.1) is 0 Å². The van der Waals surface area contributed by atoms with E-state index in [2.05, 4.69) is 22.5 Å². The lowest BCUT2D eigenvalue weighted by molar-refractivity contribution is 0.336. The zero-order chi connectivity index (χ0) is 17.2. The molecule has 0 aromatic rings. The lowest BCUT2D eigenvalue weighted by Crippen LogP contribution is -2.46. The molecule has 2 rings (SSSR count). The molecule has 0 radical (unpaired) electrons. The summed E-state index contributed by atoms with van der Waals surface area (Å²) in [5.41, 5.74) is 0. The molecular formula is C18H36N4OS. The van der Waals surface area contributed by atoms with Crippen molar-refractivity contribution in [3.8, 4) is 0 Å². The van der Waals surface area contributed by atoms with Crippen LogP contribution in [0.2, 0.25) is 0 Å². The van der Waals surface area contributed by atoms with E-state index in [0.717, 1.165) is 50.5 Å². The molecule has 0 spiro atoms. The maximum atomic E-state index is 12.1. The first-order valence-corrected chi connectivity index (χ1v) is 11.3. The first-order valence-electron chi connectivity index (χ1n) is 9.87. The van der Waals surface area contributed by atoms with Crippen molar-refractivity contribution in [3.63, 3.8) is 0 Å². The van der Waals surface area contributed by atoms with Gasteiger partial charge in [-0.2, -0.15) is 0 Å². The smallest absolute Gasteiger partial charge is 0.191 e. The van der Waals surface area contributed by atoms with E-state index in [1.807, 2.05) is 6.92 Å². The summed E-state index contributed by atoms with van der Waals surface area (Å²) in [6.45, 7) is 9.60. The van der Waals surface area contributed by atoms with E-state index >= 15 is 0 Å². The lowest BCUT2D eigenvalue weighted by atomic mass is 9.95. The molecule has 1 saturated heterocycles. The number of rotatable bonds is 8. The van der Waals surface area contributed by atoms with Gasteiger partial charge in [-0.05, 0) is 65.1 Å². The molecule has 6 heteroatoms. The molecule has 0 bridgehead atoms. The van der Waals surface area contributed by atoms with E-state index in [9.17, 15) is 4.21 Å². The van der Waals surface area contributed by atoms with Crippen molar-refractivity contribution >= 4 is 16.8 Å². The van der Waals surface area contributed by atoms with Gasteiger partial charge in [-0.15, -0.1) is 0 Å². The Kier molecular flexibility index (Phi) is 9.10. The summed E-state index contributed by atoms with van der Waals surface area (Å²) in [5.74, 6) is 1.72. The number of hydrogen-bond acceptors (Lipinski definition) is 3. The van der Waals surface area contributed by atoms with Crippen molar-refractivity contribution in [2.24, 2.45) is 4.99 Å². The molecule has 2 fully saturated rings. The van der Waals surface area contributed by atoms with Gasteiger partial charge in [-0.1, -0.05) is 13.3 Å². The van der Waals surface area contributed by atoms with Gasteiger partial charge in [0.25, 0.3) is 0 Å². The molecule has 0 aromatic heterocycles. The fourth-order valence-electron chi connectivity index (χ4n) is 3.76. The second kappa shape index (κ2) is 11.1. The fourth-order valence-corrected chi connectivity index (χ4v) is 5.10. The lowest BCUT2D eigenvalue weighted by Gasteiger charge is -2.30. The summed E-state index contributed by atoms with van der Waals surface area (Å²) in [7, 11) is -0.667. The Labute approximate surface area is 150 Å². The summed E-state index contributed by atoms with van der Waals surface area (Å²) in [5, 5.41) is 7.31. The van der Waals surface area contributed by atoms with Crippen LogP contribution in [-0.2, 0) is 10.8 Å². The molecule has 2 N–H and O–H groups in total. The van der Waals surface area contributed by atoms with E-state index < -0.39 is 10.8 Å². The second-order valence-electron chi connectivity index (χ2n) is 6.96. The maximum absolute atomic E-state index is 12.1. The van der Waals surface area contributed by atoms with Gasteiger partial charge < -0.3 is 15.5 Å². The predicted octanol–water partition coefficient (Wildman–Crippen LogP) is 2.11. The largest absolute Gasteiger partial charge is 0.357 e. The van der Waals surface area contributed by atoms with Gasteiger partial charge in [0.2, 0.25) is 0 Å². The van der Waals surface area contributed by atoms with E-state index in [0.29, 0.717) is 11.3 Å². The SMILES string of the molecule is CCNC(=NCCCN1CCCC1)NC1CCCC(S(=O)CC)C1. The van der Waals surface area contributed by atoms with E-state index in [1.165, 1.54) is 38.9 Å². The van der Waals surface area contributed by atoms with E-state index in [4.69, 9.17) is 4.99 Å².